The average Bonchev–Trinajstić information content (AvgIpc) is 2.57. The van der Waals surface area contributed by atoms with Crippen LogP contribution in [0, 0.1) is 0 Å². The van der Waals surface area contributed by atoms with E-state index < -0.39 is 0 Å². The first kappa shape index (κ1) is 10.4. The lowest BCUT2D eigenvalue weighted by Crippen LogP contribution is -2.52. The predicted molar refractivity (Wildman–Crippen MR) is 60.5 cm³/mol. The summed E-state index contributed by atoms with van der Waals surface area (Å²) in [6, 6.07) is 0.880. The van der Waals surface area contributed by atoms with Crippen molar-refractivity contribution in [2.45, 2.75) is 57.5 Å². The number of nitrogens with zero attached hydrogens (tertiary/aromatic N) is 1. The van der Waals surface area contributed by atoms with E-state index in [1.165, 1.54) is 45.2 Å². The highest BCUT2D eigenvalue weighted by Gasteiger charge is 2.34. The van der Waals surface area contributed by atoms with Gasteiger partial charge in [-0.1, -0.05) is 12.8 Å². The van der Waals surface area contributed by atoms with Crippen molar-refractivity contribution in [3.05, 3.63) is 0 Å². The number of rotatable bonds is 1. The highest BCUT2D eigenvalue weighted by atomic mass is 15.2. The molecule has 0 aromatic rings. The Morgan fingerprint density at radius 1 is 1.14 bits per heavy atom. The van der Waals surface area contributed by atoms with Crippen molar-refractivity contribution in [2.75, 3.05) is 19.6 Å². The molecule has 0 aromatic carbocycles. The minimum atomic E-state index is 0.367. The summed E-state index contributed by atoms with van der Waals surface area (Å²) in [7, 11) is 0. The molecule has 0 unspecified atom stereocenters. The van der Waals surface area contributed by atoms with E-state index >= 15 is 0 Å². The van der Waals surface area contributed by atoms with Crippen molar-refractivity contribution in [3.63, 3.8) is 0 Å². The van der Waals surface area contributed by atoms with E-state index in [1.54, 1.807) is 0 Å². The van der Waals surface area contributed by atoms with Crippen molar-refractivity contribution >= 4 is 0 Å². The van der Waals surface area contributed by atoms with Crippen molar-refractivity contribution in [3.8, 4) is 0 Å². The van der Waals surface area contributed by atoms with Crippen LogP contribution in [-0.2, 0) is 0 Å². The van der Waals surface area contributed by atoms with Gasteiger partial charge in [0.2, 0.25) is 0 Å². The van der Waals surface area contributed by atoms with Crippen molar-refractivity contribution in [1.82, 2.24) is 10.2 Å². The van der Waals surface area contributed by atoms with Gasteiger partial charge in [0, 0.05) is 24.7 Å². The third kappa shape index (κ3) is 2.12. The molecule has 14 heavy (non-hydrogen) atoms. The molecule has 0 atom stereocenters. The van der Waals surface area contributed by atoms with Gasteiger partial charge in [-0.25, -0.2) is 0 Å². The van der Waals surface area contributed by atoms with E-state index in [-0.39, 0.29) is 0 Å². The van der Waals surface area contributed by atoms with E-state index in [0.29, 0.717) is 5.54 Å². The smallest absolute Gasteiger partial charge is 0.0280 e. The molecule has 1 aliphatic heterocycles. The largest absolute Gasteiger partial charge is 0.315 e. The lowest BCUT2D eigenvalue weighted by Gasteiger charge is -2.41. The van der Waals surface area contributed by atoms with E-state index in [9.17, 15) is 0 Å². The fourth-order valence-corrected chi connectivity index (χ4v) is 3.07. The quantitative estimate of drug-likeness (QED) is 0.690. The lowest BCUT2D eigenvalue weighted by atomic mass is 9.99. The summed E-state index contributed by atoms with van der Waals surface area (Å²) in [5.74, 6) is 0. The zero-order valence-corrected chi connectivity index (χ0v) is 9.68. The Morgan fingerprint density at radius 3 is 2.57 bits per heavy atom. The molecular weight excluding hydrogens is 172 g/mol. The van der Waals surface area contributed by atoms with Crippen LogP contribution in [0.1, 0.15) is 46.0 Å². The van der Waals surface area contributed by atoms with Crippen LogP contribution in [0.25, 0.3) is 0 Å². The predicted octanol–water partition coefficient (Wildman–Crippen LogP) is 2.00. The molecule has 0 bridgehead atoms. The highest BCUT2D eigenvalue weighted by Crippen LogP contribution is 2.29. The van der Waals surface area contributed by atoms with Crippen molar-refractivity contribution in [2.24, 2.45) is 0 Å². The van der Waals surface area contributed by atoms with Gasteiger partial charge in [-0.3, -0.25) is 4.90 Å². The molecule has 1 aliphatic carbocycles. The first-order valence-corrected chi connectivity index (χ1v) is 6.18. The Bertz CT molecular complexity index is 183. The van der Waals surface area contributed by atoms with Gasteiger partial charge in [0.25, 0.3) is 0 Å². The fourth-order valence-electron chi connectivity index (χ4n) is 3.07. The zero-order chi connectivity index (χ0) is 10.0. The highest BCUT2D eigenvalue weighted by molar-refractivity contribution is 4.92. The average molecular weight is 196 g/mol. The molecule has 2 nitrogen and oxygen atoms in total. The Hall–Kier alpha value is -0.0800. The zero-order valence-electron chi connectivity index (χ0n) is 9.68. The summed E-state index contributed by atoms with van der Waals surface area (Å²) in [5.41, 5.74) is 0.367. The van der Waals surface area contributed by atoms with Crippen LogP contribution in [0.3, 0.4) is 0 Å². The van der Waals surface area contributed by atoms with Gasteiger partial charge in [-0.15, -0.1) is 0 Å². The third-order valence-electron chi connectivity index (χ3n) is 3.85. The van der Waals surface area contributed by atoms with Crippen LogP contribution >= 0.6 is 0 Å². The molecule has 0 radical (unpaired) electrons. The minimum absolute atomic E-state index is 0.367. The lowest BCUT2D eigenvalue weighted by molar-refractivity contribution is 0.0823. The summed E-state index contributed by atoms with van der Waals surface area (Å²) < 4.78 is 0. The van der Waals surface area contributed by atoms with Gasteiger partial charge in [0.15, 0.2) is 0 Å². The first-order chi connectivity index (χ1) is 6.70. The molecule has 0 spiro atoms. The van der Waals surface area contributed by atoms with Gasteiger partial charge >= 0.3 is 0 Å². The Kier molecular flexibility index (Phi) is 3.13. The molecule has 2 rings (SSSR count). The van der Waals surface area contributed by atoms with E-state index in [1.807, 2.05) is 0 Å². The maximum absolute atomic E-state index is 3.55. The number of hydrogen-bond acceptors (Lipinski definition) is 2. The molecule has 1 heterocycles. The van der Waals surface area contributed by atoms with E-state index in [4.69, 9.17) is 0 Å². The molecule has 1 saturated carbocycles. The van der Waals surface area contributed by atoms with E-state index in [2.05, 4.69) is 24.1 Å². The SMILES string of the molecule is CC1(C)CNCCCN1C1CCCC1. The summed E-state index contributed by atoms with van der Waals surface area (Å²) in [5, 5.41) is 3.55. The van der Waals surface area contributed by atoms with Gasteiger partial charge in [-0.05, 0) is 39.7 Å². The number of nitrogens with one attached hydrogen (secondary N) is 1. The van der Waals surface area contributed by atoms with Crippen molar-refractivity contribution in [1.29, 1.82) is 0 Å². The molecule has 0 amide bonds. The van der Waals surface area contributed by atoms with Crippen LogP contribution in [-0.4, -0.2) is 36.1 Å². The minimum Gasteiger partial charge on any atom is -0.315 e. The van der Waals surface area contributed by atoms with Gasteiger partial charge in [-0.2, -0.15) is 0 Å². The maximum atomic E-state index is 3.55. The second kappa shape index (κ2) is 4.19. The summed E-state index contributed by atoms with van der Waals surface area (Å²) >= 11 is 0. The molecule has 1 N–H and O–H groups in total. The molecule has 2 fully saturated rings. The summed E-state index contributed by atoms with van der Waals surface area (Å²) in [6.45, 7) is 8.44. The Balaban J connectivity index is 2.04. The molecule has 82 valence electrons. The van der Waals surface area contributed by atoms with Crippen LogP contribution in [0.5, 0.6) is 0 Å². The normalized spacial score (nSPS) is 30.4. The van der Waals surface area contributed by atoms with Crippen molar-refractivity contribution < 1.29 is 0 Å². The molecule has 1 saturated heterocycles. The molecule has 2 heteroatoms. The molecule has 0 aromatic heterocycles. The monoisotopic (exact) mass is 196 g/mol. The first-order valence-electron chi connectivity index (χ1n) is 6.18. The van der Waals surface area contributed by atoms with Gasteiger partial charge < -0.3 is 5.32 Å². The van der Waals surface area contributed by atoms with Crippen LogP contribution in [0.4, 0.5) is 0 Å². The topological polar surface area (TPSA) is 15.3 Å². The fraction of sp³-hybridized carbons (Fsp3) is 1.00. The Morgan fingerprint density at radius 2 is 1.86 bits per heavy atom. The van der Waals surface area contributed by atoms with Gasteiger partial charge in [0.05, 0.1) is 0 Å². The summed E-state index contributed by atoms with van der Waals surface area (Å²) in [6.07, 6.45) is 7.09. The van der Waals surface area contributed by atoms with Crippen LogP contribution in [0.15, 0.2) is 0 Å². The molecular formula is C12H24N2. The van der Waals surface area contributed by atoms with Gasteiger partial charge in [0.1, 0.15) is 0 Å². The van der Waals surface area contributed by atoms with Crippen LogP contribution in [0.2, 0.25) is 0 Å². The number of hydrogen-bond donors (Lipinski definition) is 1. The standard InChI is InChI=1S/C12H24N2/c1-12(2)10-13-8-5-9-14(12)11-6-3-4-7-11/h11,13H,3-10H2,1-2H3. The maximum Gasteiger partial charge on any atom is 0.0280 e. The van der Waals surface area contributed by atoms with Crippen LogP contribution < -0.4 is 5.32 Å². The van der Waals surface area contributed by atoms with E-state index in [0.717, 1.165) is 12.6 Å². The molecule has 2 aliphatic rings. The Labute approximate surface area is 88.1 Å². The second-order valence-electron chi connectivity index (χ2n) is 5.47. The second-order valence-corrected chi connectivity index (χ2v) is 5.47. The third-order valence-corrected chi connectivity index (χ3v) is 3.85. The summed E-state index contributed by atoms with van der Waals surface area (Å²) in [4.78, 5) is 2.76.